The summed E-state index contributed by atoms with van der Waals surface area (Å²) >= 11 is 0. The van der Waals surface area contributed by atoms with E-state index in [-0.39, 0.29) is 35.4 Å². The first-order chi connectivity index (χ1) is 19.0. The van der Waals surface area contributed by atoms with Gasteiger partial charge in [-0.15, -0.1) is 0 Å². The predicted octanol–water partition coefficient (Wildman–Crippen LogP) is 6.85. The highest BCUT2D eigenvalue weighted by Crippen LogP contribution is 2.50. The lowest BCUT2D eigenvalue weighted by molar-refractivity contribution is -0.385. The van der Waals surface area contributed by atoms with Crippen molar-refractivity contribution in [1.82, 2.24) is 4.90 Å². The van der Waals surface area contributed by atoms with Crippen LogP contribution in [0.1, 0.15) is 62.5 Å². The Bertz CT molecular complexity index is 1430. The van der Waals surface area contributed by atoms with Gasteiger partial charge in [0, 0.05) is 54.4 Å². The van der Waals surface area contributed by atoms with E-state index in [0.717, 1.165) is 43.1 Å². The number of allylic oxidation sites excluding steroid dienone is 4. The zero-order valence-corrected chi connectivity index (χ0v) is 22.0. The molecule has 0 atom stereocenters. The number of carbonyl (C=O) groups excluding carboxylic acids is 2. The second-order valence-electron chi connectivity index (χ2n) is 9.94. The van der Waals surface area contributed by atoms with Crippen LogP contribution in [-0.4, -0.2) is 35.0 Å². The lowest BCUT2D eigenvalue weighted by atomic mass is 9.71. The summed E-state index contributed by atoms with van der Waals surface area (Å²) in [7, 11) is 1.90. The molecule has 2 aromatic carbocycles. The Balaban J connectivity index is 1.60. The molecule has 0 aromatic heterocycles. The molecule has 0 radical (unpaired) electrons. The summed E-state index contributed by atoms with van der Waals surface area (Å²) in [4.78, 5) is 39.1. The quantitative estimate of drug-likeness (QED) is 0.284. The summed E-state index contributed by atoms with van der Waals surface area (Å²) in [6.07, 6.45) is -1.09. The smallest absolute Gasteiger partial charge is 0.416 e. The molecule has 8 nitrogen and oxygen atoms in total. The highest BCUT2D eigenvalue weighted by molar-refractivity contribution is 6.06. The average Bonchev–Trinajstić information content (AvgIpc) is 2.90. The first-order valence-corrected chi connectivity index (χ1v) is 13.1. The van der Waals surface area contributed by atoms with Crippen molar-refractivity contribution in [2.75, 3.05) is 13.7 Å². The molecular weight excluding hydrogens is 529 g/mol. The van der Waals surface area contributed by atoms with Crippen LogP contribution in [0.5, 0.6) is 17.2 Å². The number of nitrogens with zero attached hydrogens (tertiary/aromatic N) is 2. The van der Waals surface area contributed by atoms with Crippen LogP contribution in [0, 0.1) is 10.1 Å². The van der Waals surface area contributed by atoms with Crippen molar-refractivity contribution in [3.05, 3.63) is 80.2 Å². The van der Waals surface area contributed by atoms with E-state index in [1.165, 1.54) is 6.07 Å². The molecule has 1 heterocycles. The van der Waals surface area contributed by atoms with Crippen molar-refractivity contribution in [3.8, 4) is 17.2 Å². The topological polar surface area (TPSA) is 99.0 Å². The van der Waals surface area contributed by atoms with E-state index in [2.05, 4.69) is 0 Å². The molecule has 0 saturated carbocycles. The van der Waals surface area contributed by atoms with Crippen LogP contribution in [0.2, 0.25) is 0 Å². The SMILES string of the molecule is CCOc1cc(C2C3=C(CCCC3=O)N(C)C3=C2C(=O)CCC3)ccc1Oc1ccc(C(F)(F)F)cc1[N+](=O)[O-]. The first-order valence-electron chi connectivity index (χ1n) is 13.1. The third kappa shape index (κ3) is 4.84. The summed E-state index contributed by atoms with van der Waals surface area (Å²) in [6.45, 7) is 1.92. The Morgan fingerprint density at radius 1 is 0.925 bits per heavy atom. The third-order valence-corrected chi connectivity index (χ3v) is 7.55. The van der Waals surface area contributed by atoms with Gasteiger partial charge in [0.25, 0.3) is 0 Å². The molecule has 0 saturated heterocycles. The highest BCUT2D eigenvalue weighted by atomic mass is 19.4. The number of benzene rings is 2. The molecule has 0 unspecified atom stereocenters. The minimum absolute atomic E-state index is 0.0123. The predicted molar refractivity (Wildman–Crippen MR) is 138 cm³/mol. The first kappa shape index (κ1) is 27.4. The van der Waals surface area contributed by atoms with Gasteiger partial charge in [-0.1, -0.05) is 6.07 Å². The monoisotopic (exact) mass is 556 g/mol. The van der Waals surface area contributed by atoms with Crippen molar-refractivity contribution in [2.24, 2.45) is 0 Å². The Kier molecular flexibility index (Phi) is 7.16. The van der Waals surface area contributed by atoms with Gasteiger partial charge >= 0.3 is 11.9 Å². The highest BCUT2D eigenvalue weighted by Gasteiger charge is 2.42. The van der Waals surface area contributed by atoms with Gasteiger partial charge in [-0.2, -0.15) is 13.2 Å². The van der Waals surface area contributed by atoms with E-state index in [1.54, 1.807) is 19.1 Å². The van der Waals surface area contributed by atoms with Gasteiger partial charge in [0.05, 0.1) is 17.1 Å². The van der Waals surface area contributed by atoms with Gasteiger partial charge in [0.15, 0.2) is 23.1 Å². The number of nitro groups is 1. The number of carbonyl (C=O) groups is 2. The van der Waals surface area contributed by atoms with Crippen molar-refractivity contribution in [3.63, 3.8) is 0 Å². The molecule has 40 heavy (non-hydrogen) atoms. The second-order valence-corrected chi connectivity index (χ2v) is 9.94. The lowest BCUT2D eigenvalue weighted by Gasteiger charge is -2.42. The maximum absolute atomic E-state index is 13.2. The maximum Gasteiger partial charge on any atom is 0.416 e. The standard InChI is InChI=1S/C29H27F3N2O6/c1-3-39-25-14-16(10-12-24(25)40-23-13-11-17(29(30,31)32)15-20(23)34(37)38)26-27-18(6-4-8-21(27)35)33(2)19-7-5-9-22(36)28(19)26/h10-15,26H,3-9H2,1-2H3. The zero-order chi connectivity index (χ0) is 28.8. The second kappa shape index (κ2) is 10.4. The lowest BCUT2D eigenvalue weighted by Crippen LogP contribution is -2.37. The molecule has 1 aliphatic heterocycles. The number of hydrogen-bond donors (Lipinski definition) is 0. The molecule has 2 aromatic rings. The summed E-state index contributed by atoms with van der Waals surface area (Å²) in [5.41, 5.74) is 1.63. The molecule has 2 aliphatic carbocycles. The number of alkyl halides is 3. The van der Waals surface area contributed by atoms with Crippen LogP contribution < -0.4 is 9.47 Å². The molecule has 0 bridgehead atoms. The van der Waals surface area contributed by atoms with Crippen molar-refractivity contribution < 1.29 is 37.2 Å². The van der Waals surface area contributed by atoms with E-state index in [1.807, 2.05) is 11.9 Å². The summed E-state index contributed by atoms with van der Waals surface area (Å²) in [5.74, 6) is -0.761. The maximum atomic E-state index is 13.2. The Morgan fingerprint density at radius 3 is 2.08 bits per heavy atom. The summed E-state index contributed by atoms with van der Waals surface area (Å²) in [6, 6.07) is 6.85. The zero-order valence-electron chi connectivity index (χ0n) is 22.0. The number of ether oxygens (including phenoxy) is 2. The minimum atomic E-state index is -4.76. The number of halogens is 3. The fraction of sp³-hybridized carbons (Fsp3) is 0.379. The Hall–Kier alpha value is -4.15. The van der Waals surface area contributed by atoms with Crippen molar-refractivity contribution in [2.45, 2.75) is 57.5 Å². The van der Waals surface area contributed by atoms with Crippen LogP contribution in [0.4, 0.5) is 18.9 Å². The van der Waals surface area contributed by atoms with Crippen LogP contribution in [0.15, 0.2) is 58.9 Å². The largest absolute Gasteiger partial charge is 0.490 e. The third-order valence-electron chi connectivity index (χ3n) is 7.55. The molecule has 210 valence electrons. The van der Waals surface area contributed by atoms with Gasteiger partial charge in [-0.3, -0.25) is 19.7 Å². The number of nitro benzene ring substituents is 1. The normalized spacial score (nSPS) is 18.1. The van der Waals surface area contributed by atoms with E-state index in [9.17, 15) is 32.9 Å². The van der Waals surface area contributed by atoms with Crippen LogP contribution in [0.3, 0.4) is 0 Å². The fourth-order valence-electron chi connectivity index (χ4n) is 5.78. The van der Waals surface area contributed by atoms with Gasteiger partial charge in [0.2, 0.25) is 5.75 Å². The Morgan fingerprint density at radius 2 is 1.52 bits per heavy atom. The molecule has 0 spiro atoms. The minimum Gasteiger partial charge on any atom is -0.490 e. The van der Waals surface area contributed by atoms with E-state index < -0.39 is 28.3 Å². The Labute approximate surface area is 228 Å². The van der Waals surface area contributed by atoms with Gasteiger partial charge in [-0.25, -0.2) is 0 Å². The molecule has 0 N–H and O–H groups in total. The number of Topliss-reactive ketones (excluding diaryl/α,β-unsaturated/α-hetero) is 2. The number of rotatable bonds is 6. The van der Waals surface area contributed by atoms with E-state index >= 15 is 0 Å². The molecule has 5 rings (SSSR count). The van der Waals surface area contributed by atoms with E-state index in [0.29, 0.717) is 41.7 Å². The van der Waals surface area contributed by atoms with E-state index in [4.69, 9.17) is 9.47 Å². The van der Waals surface area contributed by atoms with Crippen LogP contribution in [0.25, 0.3) is 0 Å². The van der Waals surface area contributed by atoms with Crippen molar-refractivity contribution >= 4 is 17.3 Å². The van der Waals surface area contributed by atoms with Crippen molar-refractivity contribution in [1.29, 1.82) is 0 Å². The molecule has 3 aliphatic rings. The number of hydrogen-bond acceptors (Lipinski definition) is 7. The van der Waals surface area contributed by atoms with Gasteiger partial charge in [0.1, 0.15) is 0 Å². The fourth-order valence-corrected chi connectivity index (χ4v) is 5.78. The molecule has 0 fully saturated rings. The molecule has 0 amide bonds. The number of ketones is 2. The molecular formula is C29H27F3N2O6. The summed E-state index contributed by atoms with van der Waals surface area (Å²) < 4.78 is 51.0. The van der Waals surface area contributed by atoms with Gasteiger partial charge < -0.3 is 14.4 Å². The van der Waals surface area contributed by atoms with Gasteiger partial charge in [-0.05, 0) is 62.4 Å². The van der Waals surface area contributed by atoms with Crippen LogP contribution in [-0.2, 0) is 15.8 Å². The average molecular weight is 557 g/mol. The van der Waals surface area contributed by atoms with Crippen LogP contribution >= 0.6 is 0 Å². The molecule has 11 heteroatoms. The summed E-state index contributed by atoms with van der Waals surface area (Å²) in [5, 5.41) is 11.6.